The van der Waals surface area contributed by atoms with Crippen LogP contribution >= 0.6 is 0 Å². The van der Waals surface area contributed by atoms with E-state index in [9.17, 15) is 15.0 Å². The number of phenols is 2. The van der Waals surface area contributed by atoms with Crippen molar-refractivity contribution in [2.24, 2.45) is 0 Å². The van der Waals surface area contributed by atoms with Crippen LogP contribution in [0.5, 0.6) is 17.2 Å². The van der Waals surface area contributed by atoms with Gasteiger partial charge in [0.15, 0.2) is 0 Å². The lowest BCUT2D eigenvalue weighted by atomic mass is 10.1. The number of carbonyl (C=O) groups is 1. The highest BCUT2D eigenvalue weighted by molar-refractivity contribution is 5.84. The number of hydrogen-bond donors (Lipinski definition) is 2. The highest BCUT2D eigenvalue weighted by atomic mass is 16.5. The van der Waals surface area contributed by atoms with E-state index in [2.05, 4.69) is 0 Å². The number of allylic oxidation sites excluding steroid dienone is 3. The van der Waals surface area contributed by atoms with Gasteiger partial charge in [0.2, 0.25) is 0 Å². The molecule has 0 aliphatic carbocycles. The SMILES string of the molecule is C/C=C/C=C/C(=O)Oc1cc(O)cc(/C=C/c2ccc(O)cc2)c1. The van der Waals surface area contributed by atoms with E-state index in [1.807, 2.05) is 13.0 Å². The van der Waals surface area contributed by atoms with Gasteiger partial charge in [-0.25, -0.2) is 4.79 Å². The van der Waals surface area contributed by atoms with Crippen LogP contribution in [-0.2, 0) is 4.79 Å². The highest BCUT2D eigenvalue weighted by Gasteiger charge is 2.03. The van der Waals surface area contributed by atoms with Gasteiger partial charge in [-0.3, -0.25) is 0 Å². The Balaban J connectivity index is 2.13. The van der Waals surface area contributed by atoms with E-state index >= 15 is 0 Å². The molecular formula is C20H18O4. The largest absolute Gasteiger partial charge is 0.508 e. The maximum Gasteiger partial charge on any atom is 0.336 e. The molecule has 0 saturated heterocycles. The monoisotopic (exact) mass is 322 g/mol. The molecule has 24 heavy (non-hydrogen) atoms. The third-order valence-electron chi connectivity index (χ3n) is 3.03. The fourth-order valence-corrected chi connectivity index (χ4v) is 1.93. The van der Waals surface area contributed by atoms with E-state index in [4.69, 9.17) is 4.74 Å². The summed E-state index contributed by atoms with van der Waals surface area (Å²) in [5.74, 6) is -0.0598. The molecular weight excluding hydrogens is 304 g/mol. The number of ether oxygens (including phenoxy) is 1. The van der Waals surface area contributed by atoms with Gasteiger partial charge >= 0.3 is 5.97 Å². The number of aromatic hydroxyl groups is 2. The Bertz CT molecular complexity index is 784. The molecule has 4 heteroatoms. The third-order valence-corrected chi connectivity index (χ3v) is 3.03. The molecule has 0 atom stereocenters. The third kappa shape index (κ3) is 5.50. The number of phenolic OH excluding ortho intramolecular Hbond substituents is 2. The molecule has 0 amide bonds. The van der Waals surface area contributed by atoms with E-state index in [-0.39, 0.29) is 17.2 Å². The lowest BCUT2D eigenvalue weighted by Gasteiger charge is -2.04. The molecule has 0 radical (unpaired) electrons. The van der Waals surface area contributed by atoms with Crippen molar-refractivity contribution < 1.29 is 19.7 Å². The van der Waals surface area contributed by atoms with Crippen molar-refractivity contribution in [2.45, 2.75) is 6.92 Å². The zero-order valence-electron chi connectivity index (χ0n) is 13.2. The van der Waals surface area contributed by atoms with Crippen LogP contribution in [0.4, 0.5) is 0 Å². The number of hydrogen-bond acceptors (Lipinski definition) is 4. The molecule has 4 nitrogen and oxygen atoms in total. The van der Waals surface area contributed by atoms with E-state index in [0.717, 1.165) is 5.56 Å². The van der Waals surface area contributed by atoms with Crippen molar-refractivity contribution in [3.63, 3.8) is 0 Å². The topological polar surface area (TPSA) is 66.8 Å². The summed E-state index contributed by atoms with van der Waals surface area (Å²) in [5.41, 5.74) is 1.58. The summed E-state index contributed by atoms with van der Waals surface area (Å²) in [6.45, 7) is 1.84. The standard InChI is InChI=1S/C20H18O4/c1-2-3-4-5-20(23)24-19-13-16(12-18(22)14-19)7-6-15-8-10-17(21)11-9-15/h2-14,21-22H,1H3/b3-2+,5-4+,7-6+. The molecule has 0 aromatic heterocycles. The maximum atomic E-state index is 11.7. The predicted octanol–water partition coefficient (Wildman–Crippen LogP) is 4.31. The molecule has 0 bridgehead atoms. The van der Waals surface area contributed by atoms with Crippen molar-refractivity contribution in [3.05, 3.63) is 77.9 Å². The van der Waals surface area contributed by atoms with Gasteiger partial charge in [0, 0.05) is 12.1 Å². The van der Waals surface area contributed by atoms with Crippen LogP contribution < -0.4 is 4.74 Å². The van der Waals surface area contributed by atoms with Crippen molar-refractivity contribution in [2.75, 3.05) is 0 Å². The van der Waals surface area contributed by atoms with E-state index < -0.39 is 5.97 Å². The number of benzene rings is 2. The van der Waals surface area contributed by atoms with Gasteiger partial charge < -0.3 is 14.9 Å². The zero-order chi connectivity index (χ0) is 17.4. The van der Waals surface area contributed by atoms with Gasteiger partial charge in [0.25, 0.3) is 0 Å². The minimum absolute atomic E-state index is 0.00286. The smallest absolute Gasteiger partial charge is 0.336 e. The molecule has 2 rings (SSSR count). The van der Waals surface area contributed by atoms with Gasteiger partial charge in [-0.15, -0.1) is 0 Å². The van der Waals surface area contributed by atoms with E-state index in [0.29, 0.717) is 5.56 Å². The average Bonchev–Trinajstić information content (AvgIpc) is 2.54. The Morgan fingerprint density at radius 2 is 1.62 bits per heavy atom. The number of carbonyl (C=O) groups excluding carboxylic acids is 1. The molecule has 0 saturated carbocycles. The first-order valence-electron chi connectivity index (χ1n) is 7.39. The minimum atomic E-state index is -0.521. The van der Waals surface area contributed by atoms with Gasteiger partial charge in [-0.1, -0.05) is 42.5 Å². The number of rotatable bonds is 5. The molecule has 0 aliphatic rings. The first-order chi connectivity index (χ1) is 11.6. The Hall–Kier alpha value is -3.27. The predicted molar refractivity (Wildman–Crippen MR) is 94.7 cm³/mol. The van der Waals surface area contributed by atoms with Crippen LogP contribution in [0.25, 0.3) is 12.2 Å². The van der Waals surface area contributed by atoms with Crippen LogP contribution in [0, 0.1) is 0 Å². The lowest BCUT2D eigenvalue weighted by molar-refractivity contribution is -0.128. The summed E-state index contributed by atoms with van der Waals surface area (Å²) in [5, 5.41) is 19.0. The summed E-state index contributed by atoms with van der Waals surface area (Å²) in [4.78, 5) is 11.7. The van der Waals surface area contributed by atoms with Gasteiger partial charge in [-0.2, -0.15) is 0 Å². The summed E-state index contributed by atoms with van der Waals surface area (Å²) in [7, 11) is 0. The maximum absolute atomic E-state index is 11.7. The van der Waals surface area contributed by atoms with E-state index in [1.165, 1.54) is 12.1 Å². The fraction of sp³-hybridized carbons (Fsp3) is 0.0500. The Labute approximate surface area is 140 Å². The molecule has 2 aromatic carbocycles. The Morgan fingerprint density at radius 3 is 2.33 bits per heavy atom. The molecule has 0 fully saturated rings. The first-order valence-corrected chi connectivity index (χ1v) is 7.39. The van der Waals surface area contributed by atoms with Gasteiger partial charge in [-0.05, 0) is 42.3 Å². The molecule has 2 N–H and O–H groups in total. The molecule has 122 valence electrons. The molecule has 2 aromatic rings. The van der Waals surface area contributed by atoms with Gasteiger partial charge in [0.05, 0.1) is 0 Å². The summed E-state index contributed by atoms with van der Waals surface area (Å²) in [6.07, 6.45) is 10.00. The molecule has 0 aliphatic heterocycles. The normalized spacial score (nSPS) is 11.5. The summed E-state index contributed by atoms with van der Waals surface area (Å²) >= 11 is 0. The average molecular weight is 322 g/mol. The summed E-state index contributed by atoms with van der Waals surface area (Å²) < 4.78 is 5.16. The van der Waals surface area contributed by atoms with Crippen molar-refractivity contribution in [1.82, 2.24) is 0 Å². The Morgan fingerprint density at radius 1 is 0.917 bits per heavy atom. The van der Waals surface area contributed by atoms with Crippen LogP contribution in [0.2, 0.25) is 0 Å². The second-order valence-electron chi connectivity index (χ2n) is 4.99. The minimum Gasteiger partial charge on any atom is -0.508 e. The Kier molecular flexibility index (Phi) is 5.97. The van der Waals surface area contributed by atoms with Gasteiger partial charge in [0.1, 0.15) is 17.2 Å². The fourth-order valence-electron chi connectivity index (χ4n) is 1.93. The van der Waals surface area contributed by atoms with Crippen molar-refractivity contribution in [1.29, 1.82) is 0 Å². The van der Waals surface area contributed by atoms with Crippen LogP contribution in [0.1, 0.15) is 18.1 Å². The number of esters is 1. The second-order valence-corrected chi connectivity index (χ2v) is 4.99. The second kappa shape index (κ2) is 8.39. The van der Waals surface area contributed by atoms with Crippen LogP contribution in [0.15, 0.2) is 66.8 Å². The quantitative estimate of drug-likeness (QED) is 0.283. The lowest BCUT2D eigenvalue weighted by Crippen LogP contribution is -2.03. The van der Waals surface area contributed by atoms with Crippen LogP contribution in [0.3, 0.4) is 0 Å². The first kappa shape index (κ1) is 17.1. The highest BCUT2D eigenvalue weighted by Crippen LogP contribution is 2.24. The molecule has 0 spiro atoms. The van der Waals surface area contributed by atoms with Crippen molar-refractivity contribution >= 4 is 18.1 Å². The van der Waals surface area contributed by atoms with Crippen LogP contribution in [-0.4, -0.2) is 16.2 Å². The zero-order valence-corrected chi connectivity index (χ0v) is 13.2. The molecule has 0 heterocycles. The summed E-state index contributed by atoms with van der Waals surface area (Å²) in [6, 6.07) is 11.3. The molecule has 0 unspecified atom stereocenters. The van der Waals surface area contributed by atoms with Crippen molar-refractivity contribution in [3.8, 4) is 17.2 Å². The van der Waals surface area contributed by atoms with E-state index in [1.54, 1.807) is 60.7 Å².